The number of fused-ring (bicyclic) bond motifs is 14. The highest BCUT2D eigenvalue weighted by Gasteiger charge is 2.34. The monoisotopic (exact) mass is 977 g/mol. The first kappa shape index (κ1) is 36.4. The molecule has 0 atom stereocenters. The Kier molecular flexibility index (Phi) is 7.60. The molecule has 12 aromatic carbocycles. The molecule has 0 bridgehead atoms. The molecule has 4 nitrogen and oxygen atoms in total. The second-order valence-corrected chi connectivity index (χ2v) is 20.9. The van der Waals surface area contributed by atoms with Gasteiger partial charge in [-0.15, -0.1) is 22.7 Å². The van der Waals surface area contributed by atoms with E-state index < -0.39 is 18.1 Å². The Labute approximate surface area is 438 Å². The zero-order valence-electron chi connectivity index (χ0n) is 44.0. The topological polar surface area (TPSA) is 38.0 Å². The predicted molar refractivity (Wildman–Crippen MR) is 314 cm³/mol. The van der Waals surface area contributed by atoms with Gasteiger partial charge in [-0.05, 0) is 68.1 Å². The summed E-state index contributed by atoms with van der Waals surface area (Å²) in [4.78, 5) is 4.59. The van der Waals surface area contributed by atoms with Crippen molar-refractivity contribution in [2.24, 2.45) is 0 Å². The van der Waals surface area contributed by atoms with E-state index in [1.165, 1.54) is 0 Å². The molecule has 4 heterocycles. The van der Waals surface area contributed by atoms with Crippen molar-refractivity contribution < 1.29 is 6.85 Å². The molecule has 0 fully saturated rings. The fourth-order valence-electron chi connectivity index (χ4n) is 12.3. The van der Waals surface area contributed by atoms with Gasteiger partial charge in [0.2, 0.25) is 5.69 Å². The number of hydrogen-bond donors (Lipinski definition) is 0. The van der Waals surface area contributed by atoms with E-state index in [9.17, 15) is 14.6 Å². The van der Waals surface area contributed by atoms with Gasteiger partial charge in [0, 0.05) is 63.6 Å². The van der Waals surface area contributed by atoms with Crippen LogP contribution < -0.4 is 0 Å². The Hall–Kier alpha value is -9.56. The van der Waals surface area contributed by atoms with Crippen molar-refractivity contribution in [3.05, 3.63) is 235 Å². The van der Waals surface area contributed by atoms with E-state index in [0.717, 1.165) is 117 Å². The molecule has 0 unspecified atom stereocenters. The molecule has 0 amide bonds. The SMILES string of the molecule is [2H]c1c([2H])c([2H])c(-c2cccc3sc4c(ccc5c6ccc7c8ccccc8sc7c6n(-c6c(C#N)c(-c7ccccc7)c([N+]#[C-])c(-n7c8cccc9c%10ccccc%10c%10cccc7c%10c98)c6-c6ccccc6)c54)c23)c([2H])c1[2H]. The van der Waals surface area contributed by atoms with Crippen LogP contribution in [0.15, 0.2) is 218 Å². The van der Waals surface area contributed by atoms with Crippen LogP contribution in [0.1, 0.15) is 12.4 Å². The number of aromatic nitrogens is 2. The summed E-state index contributed by atoms with van der Waals surface area (Å²) >= 11 is 3.30. The Bertz CT molecular complexity index is 5350. The number of benzene rings is 12. The molecule has 0 aliphatic heterocycles. The highest BCUT2D eigenvalue weighted by molar-refractivity contribution is 7.27. The van der Waals surface area contributed by atoms with Crippen molar-refractivity contribution in [2.75, 3.05) is 0 Å². The van der Waals surface area contributed by atoms with Gasteiger partial charge in [-0.2, -0.15) is 5.26 Å². The fraction of sp³-hybridized carbons (Fsp3) is 0. The molecule has 6 heteroatoms. The molecule has 16 rings (SSSR count). The van der Waals surface area contributed by atoms with Crippen LogP contribution in [0.5, 0.6) is 0 Å². The molecule has 0 aliphatic carbocycles. The zero-order valence-corrected chi connectivity index (χ0v) is 40.6. The third kappa shape index (κ3) is 5.43. The molecule has 0 radical (unpaired) electrons. The van der Waals surface area contributed by atoms with Crippen molar-refractivity contribution in [1.82, 2.24) is 9.13 Å². The zero-order chi connectivity index (χ0) is 53.1. The van der Waals surface area contributed by atoms with Gasteiger partial charge in [0.05, 0.1) is 61.8 Å². The lowest BCUT2D eigenvalue weighted by Gasteiger charge is -2.26. The third-order valence-corrected chi connectivity index (χ3v) is 17.6. The first-order valence-corrected chi connectivity index (χ1v) is 26.0. The molecule has 0 aliphatic rings. The van der Waals surface area contributed by atoms with E-state index in [4.69, 9.17) is 4.11 Å². The number of nitriles is 1. The summed E-state index contributed by atoms with van der Waals surface area (Å²) in [5, 5.41) is 24.8. The molecular formula is C68H36N4S2. The van der Waals surface area contributed by atoms with Gasteiger partial charge in [-0.3, -0.25) is 0 Å². The molecule has 0 N–H and O–H groups in total. The molecule has 74 heavy (non-hydrogen) atoms. The Morgan fingerprint density at radius 2 is 0.959 bits per heavy atom. The van der Waals surface area contributed by atoms with E-state index >= 15 is 0 Å². The first-order valence-electron chi connectivity index (χ1n) is 26.9. The van der Waals surface area contributed by atoms with Gasteiger partial charge < -0.3 is 9.13 Å². The summed E-state index contributed by atoms with van der Waals surface area (Å²) in [5.74, 6) is 0. The molecule has 0 saturated carbocycles. The summed E-state index contributed by atoms with van der Waals surface area (Å²) in [7, 11) is 0. The van der Waals surface area contributed by atoms with Gasteiger partial charge in [0.25, 0.3) is 0 Å². The summed E-state index contributed by atoms with van der Waals surface area (Å²) < 4.78 is 52.8. The maximum Gasteiger partial charge on any atom is 0.220 e. The van der Waals surface area contributed by atoms with Crippen molar-refractivity contribution in [1.29, 1.82) is 5.26 Å². The maximum atomic E-state index is 12.3. The summed E-state index contributed by atoms with van der Waals surface area (Å²) in [6, 6.07) is 65.5. The van der Waals surface area contributed by atoms with Crippen LogP contribution in [0.4, 0.5) is 5.69 Å². The predicted octanol–water partition coefficient (Wildman–Crippen LogP) is 19.8. The van der Waals surface area contributed by atoms with Gasteiger partial charge in [-0.1, -0.05) is 194 Å². The van der Waals surface area contributed by atoms with Crippen molar-refractivity contribution in [3.63, 3.8) is 0 Å². The van der Waals surface area contributed by atoms with Gasteiger partial charge in [0.1, 0.15) is 6.07 Å². The highest BCUT2D eigenvalue weighted by Crippen LogP contribution is 2.56. The molecular weight excluding hydrogens is 937 g/mol. The molecule has 4 aromatic heterocycles. The van der Waals surface area contributed by atoms with Crippen LogP contribution in [0.2, 0.25) is 0 Å². The first-order chi connectivity index (χ1) is 38.8. The van der Waals surface area contributed by atoms with Crippen LogP contribution in [0.3, 0.4) is 0 Å². The molecule has 0 saturated heterocycles. The lowest BCUT2D eigenvalue weighted by Crippen LogP contribution is -2.09. The van der Waals surface area contributed by atoms with Crippen molar-refractivity contribution >= 4 is 134 Å². The van der Waals surface area contributed by atoms with Crippen molar-refractivity contribution in [3.8, 4) is 50.8 Å². The van der Waals surface area contributed by atoms with Gasteiger partial charge in [0.15, 0.2) is 0 Å². The maximum absolute atomic E-state index is 12.3. The Morgan fingerprint density at radius 1 is 0.432 bits per heavy atom. The van der Waals surface area contributed by atoms with Crippen LogP contribution in [-0.2, 0) is 0 Å². The number of nitrogens with zero attached hydrogens (tertiary/aromatic N) is 4. The largest absolute Gasteiger partial charge is 0.318 e. The number of thiophene rings is 2. The minimum absolute atomic E-state index is 0.137. The normalized spacial score (nSPS) is 13.0. The molecule has 0 spiro atoms. The van der Waals surface area contributed by atoms with Crippen LogP contribution in [-0.4, -0.2) is 9.13 Å². The van der Waals surface area contributed by atoms with Crippen molar-refractivity contribution in [2.45, 2.75) is 0 Å². The minimum Gasteiger partial charge on any atom is -0.318 e. The number of rotatable bonds is 5. The van der Waals surface area contributed by atoms with Gasteiger partial charge >= 0.3 is 0 Å². The van der Waals surface area contributed by atoms with E-state index in [1.54, 1.807) is 22.7 Å². The van der Waals surface area contributed by atoms with E-state index in [0.29, 0.717) is 39.3 Å². The van der Waals surface area contributed by atoms with E-state index in [1.807, 2.05) is 66.7 Å². The Balaban J connectivity index is 1.18. The summed E-state index contributed by atoms with van der Waals surface area (Å²) in [6.45, 7) is 9.47. The summed E-state index contributed by atoms with van der Waals surface area (Å²) in [5.41, 5.74) is 9.06. The van der Waals surface area contributed by atoms with Crippen LogP contribution in [0.25, 0.3) is 155 Å². The highest BCUT2D eigenvalue weighted by atomic mass is 32.1. The molecule has 340 valence electrons. The lowest BCUT2D eigenvalue weighted by atomic mass is 9.88. The van der Waals surface area contributed by atoms with E-state index in [2.05, 4.69) is 141 Å². The van der Waals surface area contributed by atoms with E-state index in [-0.39, 0.29) is 17.6 Å². The Morgan fingerprint density at radius 3 is 1.61 bits per heavy atom. The smallest absolute Gasteiger partial charge is 0.220 e. The minimum atomic E-state index is -0.444. The molecule has 16 aromatic rings. The van der Waals surface area contributed by atoms with Crippen LogP contribution >= 0.6 is 22.7 Å². The summed E-state index contributed by atoms with van der Waals surface area (Å²) in [6.07, 6.45) is 0. The second kappa shape index (κ2) is 15.5. The lowest BCUT2D eigenvalue weighted by molar-refractivity contribution is 1.14. The van der Waals surface area contributed by atoms with Crippen LogP contribution in [0, 0.1) is 17.9 Å². The average Bonchev–Trinajstić information content (AvgIpc) is 3.86. The average molecular weight is 978 g/mol. The number of hydrogen-bond acceptors (Lipinski definition) is 3. The standard InChI is InChI=1S/C68H36N4S2/c1-70-62-57(40-20-7-3-8-21-40)52(38-69)63(58(41-22-9-4-10-23-41)66(62)71-53-30-15-28-46-43-24-11-12-25-44(43)47-29-16-31-54(71)61(47)60(46)53)72-64-48(34-36-50-45-26-13-14-32-55(45)73-67(50)64)49-35-37-51-59-42(39-18-5-2-6-19-39)27-17-33-56(59)74-68(51)65(49)72/h2-37H/i2D,5D,6D,18D,19D. The van der Waals surface area contributed by atoms with Gasteiger partial charge in [-0.25, -0.2) is 4.85 Å². The third-order valence-electron chi connectivity index (χ3n) is 15.2. The second-order valence-electron chi connectivity index (χ2n) is 18.8. The quantitative estimate of drug-likeness (QED) is 0.125. The fourth-order valence-corrected chi connectivity index (χ4v) is 14.8.